The van der Waals surface area contributed by atoms with Crippen molar-refractivity contribution in [2.24, 2.45) is 5.92 Å². The van der Waals surface area contributed by atoms with Gasteiger partial charge in [0.2, 0.25) is 5.91 Å². The molecule has 8 nitrogen and oxygen atoms in total. The molecule has 0 aliphatic heterocycles. The van der Waals surface area contributed by atoms with E-state index in [1.807, 2.05) is 6.07 Å². The fraction of sp³-hybridized carbons (Fsp3) is 0.476. The van der Waals surface area contributed by atoms with Crippen LogP contribution in [0, 0.1) is 17.2 Å². The van der Waals surface area contributed by atoms with Crippen LogP contribution < -0.4 is 5.32 Å². The second kappa shape index (κ2) is 9.41. The Morgan fingerprint density at radius 2 is 2.10 bits per heavy atom. The van der Waals surface area contributed by atoms with E-state index in [-0.39, 0.29) is 23.0 Å². The Kier molecular flexibility index (Phi) is 6.90. The highest BCUT2D eigenvalue weighted by Crippen LogP contribution is 2.35. The summed E-state index contributed by atoms with van der Waals surface area (Å²) in [4.78, 5) is 13.1. The van der Waals surface area contributed by atoms with Crippen LogP contribution in [0.25, 0.3) is 0 Å². The summed E-state index contributed by atoms with van der Waals surface area (Å²) in [5.41, 5.74) is 0.671. The summed E-state index contributed by atoms with van der Waals surface area (Å²) in [7, 11) is -3.54. The molecule has 0 radical (unpaired) electrons. The van der Waals surface area contributed by atoms with Crippen molar-refractivity contribution < 1.29 is 18.3 Å². The number of nitrogens with one attached hydrogen (secondary N) is 1. The molecule has 1 aromatic heterocycles. The van der Waals surface area contributed by atoms with Crippen molar-refractivity contribution in [3.05, 3.63) is 41.6 Å². The van der Waals surface area contributed by atoms with Crippen LogP contribution in [0.5, 0.6) is 0 Å². The predicted octanol–water partition coefficient (Wildman–Crippen LogP) is 2.45. The minimum absolute atomic E-state index is 0.0310. The summed E-state index contributed by atoms with van der Waals surface area (Å²) in [5, 5.41) is 25.5. The Balaban J connectivity index is 1.89. The van der Waals surface area contributed by atoms with Crippen molar-refractivity contribution in [3.63, 3.8) is 0 Å². The number of hydrogen-bond acceptors (Lipinski definition) is 6. The van der Waals surface area contributed by atoms with E-state index in [9.17, 15) is 18.5 Å². The number of aromatic nitrogens is 2. The van der Waals surface area contributed by atoms with E-state index in [4.69, 9.17) is 5.11 Å². The van der Waals surface area contributed by atoms with Crippen LogP contribution in [-0.4, -0.2) is 42.1 Å². The molecule has 2 N–H and O–H groups in total. The number of nitriles is 1. The number of anilines is 1. The average Bonchev–Trinajstić information content (AvgIpc) is 3.37. The number of aliphatic hydroxyl groups excluding tert-OH is 1. The molecule has 1 atom stereocenters. The smallest absolute Gasteiger partial charge is 0.233 e. The first-order chi connectivity index (χ1) is 14.3. The van der Waals surface area contributed by atoms with Crippen LogP contribution in [0.3, 0.4) is 0 Å². The van der Waals surface area contributed by atoms with Gasteiger partial charge in [0.1, 0.15) is 6.07 Å². The zero-order chi connectivity index (χ0) is 21.7. The fourth-order valence-electron chi connectivity index (χ4n) is 4.02. The summed E-state index contributed by atoms with van der Waals surface area (Å²) in [5.74, 6) is 0.0369. The maximum atomic E-state index is 13.1. The van der Waals surface area contributed by atoms with Crippen LogP contribution in [0.15, 0.2) is 35.4 Å². The van der Waals surface area contributed by atoms with Gasteiger partial charge in [-0.05, 0) is 30.0 Å². The van der Waals surface area contributed by atoms with Gasteiger partial charge in [-0.2, -0.15) is 10.4 Å². The molecule has 0 saturated heterocycles. The highest BCUT2D eigenvalue weighted by atomic mass is 32.2. The molecule has 160 valence electrons. The third-order valence-electron chi connectivity index (χ3n) is 5.51. The minimum Gasteiger partial charge on any atom is -0.394 e. The van der Waals surface area contributed by atoms with Crippen molar-refractivity contribution in [1.29, 1.82) is 5.26 Å². The lowest BCUT2D eigenvalue weighted by atomic mass is 9.86. The number of carbonyl (C=O) groups excluding carboxylic acids is 1. The molecular formula is C21H26N4O4S. The van der Waals surface area contributed by atoms with Crippen LogP contribution in [-0.2, 0) is 21.2 Å². The van der Waals surface area contributed by atoms with Gasteiger partial charge in [0.25, 0.3) is 0 Å². The molecule has 0 unspecified atom stereocenters. The van der Waals surface area contributed by atoms with Gasteiger partial charge in [0.15, 0.2) is 15.7 Å². The molecule has 1 aromatic carbocycles. The maximum absolute atomic E-state index is 13.1. The zero-order valence-electron chi connectivity index (χ0n) is 16.9. The molecule has 1 aliphatic rings. The van der Waals surface area contributed by atoms with Gasteiger partial charge >= 0.3 is 0 Å². The van der Waals surface area contributed by atoms with Crippen molar-refractivity contribution in [3.8, 4) is 6.07 Å². The monoisotopic (exact) mass is 430 g/mol. The lowest BCUT2D eigenvalue weighted by molar-refractivity contribution is -0.118. The zero-order valence-corrected chi connectivity index (χ0v) is 17.7. The van der Waals surface area contributed by atoms with E-state index >= 15 is 0 Å². The largest absolute Gasteiger partial charge is 0.394 e. The molecule has 1 aliphatic carbocycles. The molecule has 30 heavy (non-hydrogen) atoms. The Hall–Kier alpha value is -2.70. The number of aliphatic hydroxyl groups is 1. The quantitative estimate of drug-likeness (QED) is 0.663. The molecule has 2 aromatic rings. The topological polar surface area (TPSA) is 125 Å². The molecule has 9 heteroatoms. The van der Waals surface area contributed by atoms with E-state index in [0.29, 0.717) is 30.3 Å². The molecule has 3 rings (SSSR count). The third-order valence-corrected chi connectivity index (χ3v) is 6.66. The van der Waals surface area contributed by atoms with Crippen LogP contribution >= 0.6 is 0 Å². The molecule has 1 amide bonds. The highest BCUT2D eigenvalue weighted by molar-refractivity contribution is 7.90. The second-order valence-corrected chi connectivity index (χ2v) is 9.74. The van der Waals surface area contributed by atoms with Gasteiger partial charge in [0, 0.05) is 18.5 Å². The van der Waals surface area contributed by atoms with Crippen LogP contribution in [0.2, 0.25) is 0 Å². The van der Waals surface area contributed by atoms with Crippen molar-refractivity contribution >= 4 is 21.6 Å². The number of benzene rings is 1. The van der Waals surface area contributed by atoms with E-state index in [1.165, 1.54) is 16.8 Å². The molecule has 0 spiro atoms. The molecule has 1 fully saturated rings. The van der Waals surface area contributed by atoms with E-state index in [1.54, 1.807) is 18.3 Å². The van der Waals surface area contributed by atoms with E-state index in [0.717, 1.165) is 31.9 Å². The number of hydrogen-bond donors (Lipinski definition) is 2. The summed E-state index contributed by atoms with van der Waals surface area (Å²) in [6.45, 7) is 0.281. The van der Waals surface area contributed by atoms with Crippen LogP contribution in [0.4, 0.5) is 5.82 Å². The van der Waals surface area contributed by atoms with Crippen LogP contribution in [0.1, 0.15) is 49.1 Å². The first kappa shape index (κ1) is 22.0. The Morgan fingerprint density at radius 3 is 2.73 bits per heavy atom. The highest BCUT2D eigenvalue weighted by Gasteiger charge is 2.28. The molecular weight excluding hydrogens is 404 g/mol. The van der Waals surface area contributed by atoms with E-state index < -0.39 is 15.8 Å². The van der Waals surface area contributed by atoms with Crippen molar-refractivity contribution in [1.82, 2.24) is 9.78 Å². The number of carbonyl (C=O) groups is 1. The molecule has 1 heterocycles. The minimum atomic E-state index is -3.54. The standard InChI is InChI=1S/C21H26N4O4S/c1-30(28,29)19-7-6-16(13-17(19)14-22)18(12-15-4-2-3-5-15)21(27)23-20-8-9-25(24-20)10-11-26/h6-9,13,15,18,26H,2-5,10-12H2,1H3,(H,23,24,27)/t18-/m1/s1. The molecule has 0 bridgehead atoms. The van der Waals surface area contributed by atoms with E-state index in [2.05, 4.69) is 10.4 Å². The number of rotatable bonds is 8. The maximum Gasteiger partial charge on any atom is 0.233 e. The Morgan fingerprint density at radius 1 is 1.37 bits per heavy atom. The number of amides is 1. The summed E-state index contributed by atoms with van der Waals surface area (Å²) >= 11 is 0. The first-order valence-corrected chi connectivity index (χ1v) is 11.9. The van der Waals surface area contributed by atoms with Gasteiger partial charge in [-0.25, -0.2) is 8.42 Å². The number of sulfone groups is 1. The summed E-state index contributed by atoms with van der Waals surface area (Å²) < 4.78 is 25.4. The first-order valence-electron chi connectivity index (χ1n) is 10.0. The SMILES string of the molecule is CS(=O)(=O)c1ccc([C@@H](CC2CCCC2)C(=O)Nc2ccn(CCO)n2)cc1C#N. The summed E-state index contributed by atoms with van der Waals surface area (Å²) in [6.07, 6.45) is 7.76. The van der Waals surface area contributed by atoms with Gasteiger partial charge in [-0.15, -0.1) is 0 Å². The number of nitrogens with zero attached hydrogens (tertiary/aromatic N) is 3. The predicted molar refractivity (Wildman–Crippen MR) is 112 cm³/mol. The normalized spacial score (nSPS) is 15.6. The van der Waals surface area contributed by atoms with Crippen molar-refractivity contribution in [2.75, 3.05) is 18.2 Å². The Bertz CT molecular complexity index is 1050. The second-order valence-electron chi connectivity index (χ2n) is 7.76. The van der Waals surface area contributed by atoms with Gasteiger partial charge in [0.05, 0.1) is 29.5 Å². The third kappa shape index (κ3) is 5.26. The lowest BCUT2D eigenvalue weighted by Crippen LogP contribution is -2.24. The Labute approximate surface area is 176 Å². The van der Waals surface area contributed by atoms with Crippen molar-refractivity contribution in [2.45, 2.75) is 49.5 Å². The fourth-order valence-corrected chi connectivity index (χ4v) is 4.84. The van der Waals surface area contributed by atoms with Gasteiger partial charge in [-0.1, -0.05) is 31.7 Å². The van der Waals surface area contributed by atoms with Gasteiger partial charge < -0.3 is 10.4 Å². The lowest BCUT2D eigenvalue weighted by Gasteiger charge is -2.21. The average molecular weight is 431 g/mol. The van der Waals surface area contributed by atoms with Gasteiger partial charge in [-0.3, -0.25) is 9.48 Å². The summed E-state index contributed by atoms with van der Waals surface area (Å²) in [6, 6.07) is 8.16. The molecule has 1 saturated carbocycles.